The van der Waals surface area contributed by atoms with Crippen LogP contribution in [0.3, 0.4) is 0 Å². The smallest absolute Gasteiger partial charge is 0.320 e. The van der Waals surface area contributed by atoms with E-state index in [9.17, 15) is 14.7 Å². The minimum atomic E-state index is -0.580. The number of terminal acetylenes is 1. The standard InChI is InChI=1S/C18H18N4O3S/c1-2-16-20-15(11-26-16)21-18(25)19-14(10-23)12-5-7-13(8-6-12)22-9-3-4-17(22)24/h1,5-8,11,14,23H,3-4,9-10H2,(H2,19,21,25). The van der Waals surface area contributed by atoms with Crippen LogP contribution in [0, 0.1) is 12.3 Å². The van der Waals surface area contributed by atoms with Gasteiger partial charge in [-0.1, -0.05) is 12.1 Å². The Morgan fingerprint density at radius 2 is 2.19 bits per heavy atom. The van der Waals surface area contributed by atoms with E-state index in [1.807, 2.05) is 12.1 Å². The average molecular weight is 370 g/mol. The van der Waals surface area contributed by atoms with Crippen LogP contribution in [0.15, 0.2) is 29.6 Å². The number of nitrogens with zero attached hydrogens (tertiary/aromatic N) is 2. The molecule has 26 heavy (non-hydrogen) atoms. The summed E-state index contributed by atoms with van der Waals surface area (Å²) in [6.07, 6.45) is 6.68. The van der Waals surface area contributed by atoms with Crippen LogP contribution in [0.4, 0.5) is 16.3 Å². The summed E-state index contributed by atoms with van der Waals surface area (Å²) in [6, 6.07) is 6.16. The molecule has 134 valence electrons. The summed E-state index contributed by atoms with van der Waals surface area (Å²) in [5.74, 6) is 2.87. The largest absolute Gasteiger partial charge is 0.394 e. The second-order valence-electron chi connectivity index (χ2n) is 5.76. The van der Waals surface area contributed by atoms with Crippen LogP contribution in [0.5, 0.6) is 0 Å². The highest BCUT2D eigenvalue weighted by molar-refractivity contribution is 7.10. The minimum absolute atomic E-state index is 0.114. The average Bonchev–Trinajstić information content (AvgIpc) is 3.28. The van der Waals surface area contributed by atoms with Gasteiger partial charge in [-0.05, 0) is 30.0 Å². The molecular formula is C18H18N4O3S. The van der Waals surface area contributed by atoms with Crippen molar-refractivity contribution in [1.29, 1.82) is 0 Å². The first kappa shape index (κ1) is 17.9. The first-order chi connectivity index (χ1) is 12.6. The number of thiazole rings is 1. The van der Waals surface area contributed by atoms with Crippen LogP contribution in [0.25, 0.3) is 0 Å². The number of carbonyl (C=O) groups is 2. The van der Waals surface area contributed by atoms with E-state index in [0.717, 1.165) is 24.2 Å². The molecule has 3 rings (SSSR count). The molecule has 0 radical (unpaired) electrons. The lowest BCUT2D eigenvalue weighted by Gasteiger charge is -2.19. The van der Waals surface area contributed by atoms with E-state index >= 15 is 0 Å². The second kappa shape index (κ2) is 7.99. The van der Waals surface area contributed by atoms with Crippen molar-refractivity contribution in [3.63, 3.8) is 0 Å². The van der Waals surface area contributed by atoms with Gasteiger partial charge in [-0.25, -0.2) is 9.78 Å². The fourth-order valence-corrected chi connectivity index (χ4v) is 3.30. The highest BCUT2D eigenvalue weighted by atomic mass is 32.1. The zero-order valence-electron chi connectivity index (χ0n) is 13.9. The van der Waals surface area contributed by atoms with E-state index in [4.69, 9.17) is 6.42 Å². The van der Waals surface area contributed by atoms with Crippen LogP contribution in [-0.4, -0.2) is 35.2 Å². The van der Waals surface area contributed by atoms with E-state index in [1.165, 1.54) is 11.3 Å². The molecule has 1 fully saturated rings. The van der Waals surface area contributed by atoms with Crippen molar-refractivity contribution in [2.75, 3.05) is 23.4 Å². The Hall–Kier alpha value is -2.89. The molecule has 1 unspecified atom stereocenters. The number of amides is 3. The van der Waals surface area contributed by atoms with Crippen LogP contribution >= 0.6 is 11.3 Å². The van der Waals surface area contributed by atoms with E-state index in [1.54, 1.807) is 22.4 Å². The number of aliphatic hydroxyl groups excluding tert-OH is 1. The fraction of sp³-hybridized carbons (Fsp3) is 0.278. The third kappa shape index (κ3) is 4.02. The van der Waals surface area contributed by atoms with Crippen molar-refractivity contribution in [3.8, 4) is 12.3 Å². The van der Waals surface area contributed by atoms with Gasteiger partial charge in [0.25, 0.3) is 0 Å². The topological polar surface area (TPSA) is 94.6 Å². The molecule has 2 heterocycles. The Morgan fingerprint density at radius 3 is 2.77 bits per heavy atom. The number of urea groups is 1. The van der Waals surface area contributed by atoms with Gasteiger partial charge < -0.3 is 15.3 Å². The second-order valence-corrected chi connectivity index (χ2v) is 6.61. The number of aromatic nitrogens is 1. The summed E-state index contributed by atoms with van der Waals surface area (Å²) in [5.41, 5.74) is 1.56. The summed E-state index contributed by atoms with van der Waals surface area (Å²) in [6.45, 7) is 0.456. The van der Waals surface area contributed by atoms with Gasteiger partial charge in [-0.2, -0.15) is 0 Å². The predicted octanol–water partition coefficient (Wildman–Crippen LogP) is 2.11. The molecule has 0 bridgehead atoms. The zero-order valence-corrected chi connectivity index (χ0v) is 14.8. The number of anilines is 2. The summed E-state index contributed by atoms with van der Waals surface area (Å²) in [5, 5.41) is 17.0. The van der Waals surface area contributed by atoms with Crippen molar-refractivity contribution in [1.82, 2.24) is 10.3 Å². The van der Waals surface area contributed by atoms with Gasteiger partial charge in [-0.3, -0.25) is 10.1 Å². The number of hydrogen-bond acceptors (Lipinski definition) is 5. The summed E-state index contributed by atoms with van der Waals surface area (Å²) in [7, 11) is 0. The molecule has 1 aromatic carbocycles. The molecule has 0 aliphatic carbocycles. The maximum atomic E-state index is 12.1. The highest BCUT2D eigenvalue weighted by Gasteiger charge is 2.22. The molecule has 2 aromatic rings. The van der Waals surface area contributed by atoms with Gasteiger partial charge in [0.1, 0.15) is 5.82 Å². The summed E-state index contributed by atoms with van der Waals surface area (Å²) >= 11 is 1.26. The Bertz CT molecular complexity index is 841. The Kier molecular flexibility index (Phi) is 5.51. The third-order valence-electron chi connectivity index (χ3n) is 4.04. The van der Waals surface area contributed by atoms with Crippen LogP contribution in [-0.2, 0) is 4.79 Å². The lowest BCUT2D eigenvalue weighted by atomic mass is 10.1. The molecule has 1 aliphatic heterocycles. The molecule has 1 atom stereocenters. The van der Waals surface area contributed by atoms with Crippen molar-refractivity contribution >= 4 is 34.8 Å². The molecule has 1 aliphatic rings. The molecule has 1 saturated heterocycles. The van der Waals surface area contributed by atoms with Gasteiger partial charge in [0.15, 0.2) is 5.01 Å². The Balaban J connectivity index is 1.63. The van der Waals surface area contributed by atoms with Gasteiger partial charge >= 0.3 is 6.03 Å². The first-order valence-corrected chi connectivity index (χ1v) is 8.99. The predicted molar refractivity (Wildman–Crippen MR) is 100 cm³/mol. The Labute approximate surface area is 155 Å². The first-order valence-electron chi connectivity index (χ1n) is 8.11. The third-order valence-corrected chi connectivity index (χ3v) is 4.81. The van der Waals surface area contributed by atoms with Gasteiger partial charge in [0.2, 0.25) is 5.91 Å². The maximum Gasteiger partial charge on any atom is 0.320 e. The SMILES string of the molecule is C#Cc1nc(NC(=O)NC(CO)c2ccc(N3CCCC3=O)cc2)cs1. The monoisotopic (exact) mass is 370 g/mol. The highest BCUT2D eigenvalue weighted by Crippen LogP contribution is 2.23. The Morgan fingerprint density at radius 1 is 1.42 bits per heavy atom. The molecule has 3 amide bonds. The number of aliphatic hydroxyl groups is 1. The molecule has 3 N–H and O–H groups in total. The summed E-state index contributed by atoms with van der Waals surface area (Å²) < 4.78 is 0. The maximum absolute atomic E-state index is 12.1. The van der Waals surface area contributed by atoms with Crippen LogP contribution in [0.2, 0.25) is 0 Å². The van der Waals surface area contributed by atoms with Gasteiger partial charge in [-0.15, -0.1) is 17.8 Å². The molecule has 0 saturated carbocycles. The lowest BCUT2D eigenvalue weighted by Crippen LogP contribution is -2.34. The molecule has 0 spiro atoms. The van der Waals surface area contributed by atoms with Crippen molar-refractivity contribution < 1.29 is 14.7 Å². The van der Waals surface area contributed by atoms with Crippen molar-refractivity contribution in [2.24, 2.45) is 0 Å². The van der Waals surface area contributed by atoms with Gasteiger partial charge in [0, 0.05) is 24.0 Å². The normalized spacial score (nSPS) is 14.8. The fourth-order valence-electron chi connectivity index (χ4n) is 2.75. The zero-order chi connectivity index (χ0) is 18.5. The molecule has 7 nitrogen and oxygen atoms in total. The van der Waals surface area contributed by atoms with E-state index in [2.05, 4.69) is 21.5 Å². The number of nitrogens with one attached hydrogen (secondary N) is 2. The minimum Gasteiger partial charge on any atom is -0.394 e. The van der Waals surface area contributed by atoms with Crippen LogP contribution < -0.4 is 15.5 Å². The van der Waals surface area contributed by atoms with Crippen molar-refractivity contribution in [3.05, 3.63) is 40.2 Å². The lowest BCUT2D eigenvalue weighted by molar-refractivity contribution is -0.117. The number of hydrogen-bond donors (Lipinski definition) is 3. The molecular weight excluding hydrogens is 352 g/mol. The van der Waals surface area contributed by atoms with E-state index in [0.29, 0.717) is 17.2 Å². The molecule has 1 aromatic heterocycles. The number of benzene rings is 1. The molecule has 8 heteroatoms. The van der Waals surface area contributed by atoms with E-state index < -0.39 is 12.1 Å². The number of rotatable bonds is 5. The summed E-state index contributed by atoms with van der Waals surface area (Å²) in [4.78, 5) is 29.7. The van der Waals surface area contributed by atoms with Gasteiger partial charge in [0.05, 0.1) is 12.6 Å². The quantitative estimate of drug-likeness (QED) is 0.703. The van der Waals surface area contributed by atoms with E-state index in [-0.39, 0.29) is 12.5 Å². The van der Waals surface area contributed by atoms with Crippen LogP contribution in [0.1, 0.15) is 29.5 Å². The number of carbonyl (C=O) groups excluding carboxylic acids is 2. The van der Waals surface area contributed by atoms with Crippen molar-refractivity contribution in [2.45, 2.75) is 18.9 Å².